The molecule has 0 atom stereocenters. The molecule has 0 aliphatic heterocycles. The fourth-order valence-corrected chi connectivity index (χ4v) is 3.24. The molecule has 1 amide bonds. The molecule has 2 heterocycles. The molecule has 6 heteroatoms. The quantitative estimate of drug-likeness (QED) is 0.796. The number of aryl methyl sites for hydroxylation is 3. The molecule has 0 bridgehead atoms. The number of benzene rings is 1. The fourth-order valence-electron chi connectivity index (χ4n) is 2.27. The van der Waals surface area contributed by atoms with Crippen molar-refractivity contribution in [2.24, 2.45) is 7.05 Å². The normalized spacial score (nSPS) is 10.7. The van der Waals surface area contributed by atoms with Crippen LogP contribution in [0, 0.1) is 6.92 Å². The standard InChI is InChI=1S/C17H18N4OS/c1-4-12-5-7-13(8-6-12)17-18-11(2)15(23-17)16(22)19-14-9-10-21(3)20-14/h5-10H,4H2,1-3H3,(H,19,20,22). The molecule has 0 fully saturated rings. The summed E-state index contributed by atoms with van der Waals surface area (Å²) in [5.74, 6) is 0.370. The highest BCUT2D eigenvalue weighted by molar-refractivity contribution is 7.17. The lowest BCUT2D eigenvalue weighted by Gasteiger charge is -1.99. The molecule has 3 aromatic rings. The van der Waals surface area contributed by atoms with Gasteiger partial charge in [0.15, 0.2) is 5.82 Å². The van der Waals surface area contributed by atoms with Crippen molar-refractivity contribution in [2.45, 2.75) is 20.3 Å². The van der Waals surface area contributed by atoms with Crippen molar-refractivity contribution in [1.82, 2.24) is 14.8 Å². The maximum absolute atomic E-state index is 12.4. The number of carbonyl (C=O) groups is 1. The summed E-state index contributed by atoms with van der Waals surface area (Å²) in [5, 5.41) is 7.82. The maximum Gasteiger partial charge on any atom is 0.268 e. The van der Waals surface area contributed by atoms with Gasteiger partial charge < -0.3 is 5.32 Å². The first kappa shape index (κ1) is 15.4. The molecule has 1 aromatic carbocycles. The summed E-state index contributed by atoms with van der Waals surface area (Å²) >= 11 is 1.40. The Hall–Kier alpha value is -2.47. The monoisotopic (exact) mass is 326 g/mol. The number of hydrogen-bond donors (Lipinski definition) is 1. The van der Waals surface area contributed by atoms with E-state index in [-0.39, 0.29) is 5.91 Å². The Morgan fingerprint density at radius 3 is 2.61 bits per heavy atom. The summed E-state index contributed by atoms with van der Waals surface area (Å²) in [6.07, 6.45) is 2.80. The third-order valence-corrected chi connectivity index (χ3v) is 4.77. The molecule has 0 spiro atoms. The van der Waals surface area contributed by atoms with Crippen LogP contribution in [0.15, 0.2) is 36.5 Å². The summed E-state index contributed by atoms with van der Waals surface area (Å²) < 4.78 is 1.65. The van der Waals surface area contributed by atoms with Gasteiger partial charge in [0.25, 0.3) is 5.91 Å². The van der Waals surface area contributed by atoms with E-state index in [1.165, 1.54) is 16.9 Å². The third-order valence-electron chi connectivity index (χ3n) is 3.57. The van der Waals surface area contributed by atoms with E-state index >= 15 is 0 Å². The first-order valence-electron chi connectivity index (χ1n) is 7.44. The Morgan fingerprint density at radius 1 is 1.26 bits per heavy atom. The Balaban J connectivity index is 1.83. The zero-order chi connectivity index (χ0) is 16.4. The number of nitrogens with one attached hydrogen (secondary N) is 1. The molecule has 23 heavy (non-hydrogen) atoms. The predicted molar refractivity (Wildman–Crippen MR) is 92.8 cm³/mol. The van der Waals surface area contributed by atoms with E-state index in [2.05, 4.69) is 46.6 Å². The Labute approximate surface area is 139 Å². The smallest absolute Gasteiger partial charge is 0.268 e. The minimum Gasteiger partial charge on any atom is -0.304 e. The first-order valence-corrected chi connectivity index (χ1v) is 8.26. The van der Waals surface area contributed by atoms with Crippen LogP contribution in [0.3, 0.4) is 0 Å². The zero-order valence-corrected chi connectivity index (χ0v) is 14.1. The Morgan fingerprint density at radius 2 is 2.00 bits per heavy atom. The van der Waals surface area contributed by atoms with Crippen LogP contribution in [0.4, 0.5) is 5.82 Å². The van der Waals surface area contributed by atoms with Crippen LogP contribution in [-0.2, 0) is 13.5 Å². The zero-order valence-electron chi connectivity index (χ0n) is 13.3. The van der Waals surface area contributed by atoms with Gasteiger partial charge in [-0.2, -0.15) is 5.10 Å². The molecular weight excluding hydrogens is 308 g/mol. The highest BCUT2D eigenvalue weighted by Gasteiger charge is 2.17. The number of hydrogen-bond acceptors (Lipinski definition) is 4. The second-order valence-corrected chi connectivity index (χ2v) is 6.31. The minimum atomic E-state index is -0.171. The summed E-state index contributed by atoms with van der Waals surface area (Å²) in [7, 11) is 1.81. The number of amides is 1. The summed E-state index contributed by atoms with van der Waals surface area (Å²) in [4.78, 5) is 17.6. The number of carbonyl (C=O) groups excluding carboxylic acids is 1. The highest BCUT2D eigenvalue weighted by Crippen LogP contribution is 2.28. The van der Waals surface area contributed by atoms with Gasteiger partial charge in [-0.15, -0.1) is 11.3 Å². The van der Waals surface area contributed by atoms with Gasteiger partial charge in [-0.05, 0) is 18.9 Å². The van der Waals surface area contributed by atoms with Gasteiger partial charge in [0.1, 0.15) is 9.88 Å². The van der Waals surface area contributed by atoms with Crippen LogP contribution in [-0.4, -0.2) is 20.7 Å². The van der Waals surface area contributed by atoms with Gasteiger partial charge in [-0.1, -0.05) is 31.2 Å². The van der Waals surface area contributed by atoms with E-state index in [4.69, 9.17) is 0 Å². The largest absolute Gasteiger partial charge is 0.304 e. The van der Waals surface area contributed by atoms with E-state index in [0.29, 0.717) is 10.7 Å². The van der Waals surface area contributed by atoms with Gasteiger partial charge in [-0.25, -0.2) is 4.98 Å². The lowest BCUT2D eigenvalue weighted by Crippen LogP contribution is -2.12. The molecule has 118 valence electrons. The number of aromatic nitrogens is 3. The van der Waals surface area contributed by atoms with Crippen LogP contribution in [0.1, 0.15) is 27.9 Å². The minimum absolute atomic E-state index is 0.171. The molecule has 0 unspecified atom stereocenters. The molecule has 0 aliphatic carbocycles. The number of anilines is 1. The molecule has 0 saturated carbocycles. The van der Waals surface area contributed by atoms with Crippen LogP contribution in [0.2, 0.25) is 0 Å². The SMILES string of the molecule is CCc1ccc(-c2nc(C)c(C(=O)Nc3ccn(C)n3)s2)cc1. The maximum atomic E-state index is 12.4. The van der Waals surface area contributed by atoms with E-state index in [9.17, 15) is 4.79 Å². The van der Waals surface area contributed by atoms with E-state index < -0.39 is 0 Å². The molecule has 2 aromatic heterocycles. The van der Waals surface area contributed by atoms with Gasteiger partial charge in [0.2, 0.25) is 0 Å². The molecule has 1 N–H and O–H groups in total. The number of rotatable bonds is 4. The van der Waals surface area contributed by atoms with E-state index in [1.54, 1.807) is 16.9 Å². The van der Waals surface area contributed by atoms with Crippen LogP contribution in [0.25, 0.3) is 10.6 Å². The number of nitrogens with zero attached hydrogens (tertiary/aromatic N) is 3. The summed E-state index contributed by atoms with van der Waals surface area (Å²) in [6, 6.07) is 10.1. The van der Waals surface area contributed by atoms with Crippen molar-refractivity contribution in [2.75, 3.05) is 5.32 Å². The topological polar surface area (TPSA) is 59.8 Å². The van der Waals surface area contributed by atoms with Gasteiger partial charge in [-0.3, -0.25) is 9.48 Å². The van der Waals surface area contributed by atoms with Crippen molar-refractivity contribution >= 4 is 23.1 Å². The third kappa shape index (κ3) is 3.32. The average molecular weight is 326 g/mol. The average Bonchev–Trinajstić information content (AvgIpc) is 3.13. The van der Waals surface area contributed by atoms with Crippen LogP contribution in [0.5, 0.6) is 0 Å². The molecule has 3 rings (SSSR count). The molecule has 0 radical (unpaired) electrons. The van der Waals surface area contributed by atoms with Gasteiger partial charge >= 0.3 is 0 Å². The Bertz CT molecular complexity index is 833. The van der Waals surface area contributed by atoms with Crippen molar-refractivity contribution in [1.29, 1.82) is 0 Å². The van der Waals surface area contributed by atoms with Crippen molar-refractivity contribution < 1.29 is 4.79 Å². The van der Waals surface area contributed by atoms with Crippen molar-refractivity contribution in [3.63, 3.8) is 0 Å². The molecular formula is C17H18N4OS. The van der Waals surface area contributed by atoms with Gasteiger partial charge in [0.05, 0.1) is 5.69 Å². The van der Waals surface area contributed by atoms with Crippen molar-refractivity contribution in [3.05, 3.63) is 52.7 Å². The van der Waals surface area contributed by atoms with E-state index in [1.807, 2.05) is 14.0 Å². The predicted octanol–water partition coefficient (Wildman–Crippen LogP) is 3.67. The first-order chi connectivity index (χ1) is 11.1. The lowest BCUT2D eigenvalue weighted by molar-refractivity contribution is 0.102. The van der Waals surface area contributed by atoms with E-state index in [0.717, 1.165) is 22.7 Å². The Kier molecular flexibility index (Phi) is 4.25. The molecule has 0 aliphatic rings. The summed E-state index contributed by atoms with van der Waals surface area (Å²) in [5.41, 5.74) is 3.06. The van der Waals surface area contributed by atoms with Crippen molar-refractivity contribution in [3.8, 4) is 10.6 Å². The van der Waals surface area contributed by atoms with Crippen LogP contribution < -0.4 is 5.32 Å². The second kappa shape index (κ2) is 6.34. The second-order valence-electron chi connectivity index (χ2n) is 5.31. The van der Waals surface area contributed by atoms with Crippen LogP contribution >= 0.6 is 11.3 Å². The lowest BCUT2D eigenvalue weighted by atomic mass is 10.1. The molecule has 0 saturated heterocycles. The molecule has 5 nitrogen and oxygen atoms in total. The fraction of sp³-hybridized carbons (Fsp3) is 0.235. The highest BCUT2D eigenvalue weighted by atomic mass is 32.1. The summed E-state index contributed by atoms with van der Waals surface area (Å²) in [6.45, 7) is 3.98. The number of thiazole rings is 1. The van der Waals surface area contributed by atoms with Gasteiger partial charge in [0, 0.05) is 24.9 Å².